The summed E-state index contributed by atoms with van der Waals surface area (Å²) >= 11 is 13.0. The zero-order valence-electron chi connectivity index (χ0n) is 17.0. The molecule has 0 atom stereocenters. The van der Waals surface area contributed by atoms with Crippen LogP contribution in [0.2, 0.25) is 5.02 Å². The minimum absolute atomic E-state index is 0.581. The lowest BCUT2D eigenvalue weighted by Gasteiger charge is -2.30. The predicted octanol–water partition coefficient (Wildman–Crippen LogP) is 4.59. The van der Waals surface area contributed by atoms with Crippen molar-refractivity contribution in [2.75, 3.05) is 32.7 Å². The second-order valence-electron chi connectivity index (χ2n) is 7.62. The number of piperazine rings is 1. The second kappa shape index (κ2) is 8.93. The van der Waals surface area contributed by atoms with Crippen LogP contribution in [0.4, 0.5) is 0 Å². The molecule has 0 aliphatic carbocycles. The number of benzene rings is 2. The first-order valence-electron chi connectivity index (χ1n) is 10.4. The van der Waals surface area contributed by atoms with E-state index >= 15 is 0 Å². The Morgan fingerprint density at radius 1 is 0.742 bits per heavy atom. The molecule has 1 fully saturated rings. The summed E-state index contributed by atoms with van der Waals surface area (Å²) in [6.07, 6.45) is 0. The Morgan fingerprint density at radius 3 is 2.00 bits per heavy atom. The molecule has 3 heterocycles. The lowest BCUT2D eigenvalue weighted by atomic mass is 10.1. The first-order valence-corrected chi connectivity index (χ1v) is 11.1. The summed E-state index contributed by atoms with van der Waals surface area (Å²) in [6, 6.07) is 20.0. The minimum atomic E-state index is 0.581. The van der Waals surface area contributed by atoms with Crippen LogP contribution >= 0.6 is 23.4 Å². The molecule has 6 nitrogen and oxygen atoms in total. The van der Waals surface area contributed by atoms with Crippen molar-refractivity contribution in [1.29, 1.82) is 0 Å². The molecule has 0 bridgehead atoms. The Kier molecular flexibility index (Phi) is 5.87. The molecule has 4 aromatic rings. The Morgan fingerprint density at radius 2 is 1.35 bits per heavy atom. The van der Waals surface area contributed by atoms with E-state index in [-0.39, 0.29) is 0 Å². The first-order chi connectivity index (χ1) is 15.2. The van der Waals surface area contributed by atoms with Crippen molar-refractivity contribution < 1.29 is 0 Å². The molecule has 0 amide bonds. The van der Waals surface area contributed by atoms with Gasteiger partial charge in [-0.1, -0.05) is 72.3 Å². The van der Waals surface area contributed by atoms with E-state index in [0.717, 1.165) is 54.9 Å². The van der Waals surface area contributed by atoms with Crippen molar-refractivity contribution in [1.82, 2.24) is 29.3 Å². The summed E-state index contributed by atoms with van der Waals surface area (Å²) < 4.78 is 3.77. The maximum Gasteiger partial charge on any atom is 0.182 e. The van der Waals surface area contributed by atoms with Crippen molar-refractivity contribution in [3.05, 3.63) is 65.7 Å². The van der Waals surface area contributed by atoms with E-state index in [0.29, 0.717) is 22.9 Å². The largest absolute Gasteiger partial charge is 0.299 e. The highest BCUT2D eigenvalue weighted by molar-refractivity contribution is 6.38. The SMILES string of the molecule is Clc1c(-c2ccccc2)nnc2c1c(-c1ccccc1)nn2CCN1CCN(Cl)CC1. The van der Waals surface area contributed by atoms with Gasteiger partial charge in [-0.2, -0.15) is 5.10 Å². The zero-order chi connectivity index (χ0) is 21.2. The van der Waals surface area contributed by atoms with Crippen LogP contribution in [-0.2, 0) is 6.54 Å². The van der Waals surface area contributed by atoms with Gasteiger partial charge in [-0.25, -0.2) is 9.10 Å². The number of halogens is 2. The molecule has 31 heavy (non-hydrogen) atoms. The average molecular weight is 453 g/mol. The van der Waals surface area contributed by atoms with Gasteiger partial charge in [-0.3, -0.25) is 4.90 Å². The van der Waals surface area contributed by atoms with Gasteiger partial charge in [0.1, 0.15) is 11.4 Å². The number of fused-ring (bicyclic) bond motifs is 1. The third kappa shape index (κ3) is 4.16. The van der Waals surface area contributed by atoms with Gasteiger partial charge < -0.3 is 0 Å². The van der Waals surface area contributed by atoms with Gasteiger partial charge in [-0.15, -0.1) is 10.2 Å². The Labute approximate surface area is 191 Å². The van der Waals surface area contributed by atoms with Gasteiger partial charge in [0.25, 0.3) is 0 Å². The molecule has 1 aliphatic rings. The number of rotatable bonds is 5. The summed E-state index contributed by atoms with van der Waals surface area (Å²) in [5.74, 6) is 0. The molecular formula is C23H22Cl2N6. The molecule has 0 unspecified atom stereocenters. The molecule has 1 aliphatic heterocycles. The van der Waals surface area contributed by atoms with Crippen molar-refractivity contribution in [3.8, 4) is 22.5 Å². The fourth-order valence-corrected chi connectivity index (χ4v) is 4.41. The van der Waals surface area contributed by atoms with Crippen LogP contribution in [-0.4, -0.2) is 62.0 Å². The number of hydrogen-bond acceptors (Lipinski definition) is 5. The van der Waals surface area contributed by atoms with Crippen LogP contribution in [0.25, 0.3) is 33.5 Å². The normalized spacial score (nSPS) is 15.5. The third-order valence-corrected chi connectivity index (χ3v) is 6.34. The van der Waals surface area contributed by atoms with E-state index in [2.05, 4.69) is 15.1 Å². The summed E-state index contributed by atoms with van der Waals surface area (Å²) in [5.41, 5.74) is 4.16. The topological polar surface area (TPSA) is 50.1 Å². The summed E-state index contributed by atoms with van der Waals surface area (Å²) in [5, 5.41) is 15.4. The van der Waals surface area contributed by atoms with Crippen LogP contribution in [0.1, 0.15) is 0 Å². The van der Waals surface area contributed by atoms with Crippen LogP contribution in [0.15, 0.2) is 60.7 Å². The molecule has 8 heteroatoms. The fourth-order valence-electron chi connectivity index (χ4n) is 3.93. The van der Waals surface area contributed by atoms with Crippen molar-refractivity contribution in [3.63, 3.8) is 0 Å². The standard InChI is InChI=1S/C23H22Cl2N6/c24-20-19-21(17-7-3-1-4-8-17)28-31(16-13-29-11-14-30(25)15-12-29)23(19)27-26-22(20)18-9-5-2-6-10-18/h1-10H,11-16H2. The lowest BCUT2D eigenvalue weighted by molar-refractivity contribution is 0.185. The molecule has 0 spiro atoms. The van der Waals surface area contributed by atoms with Crippen molar-refractivity contribution in [2.24, 2.45) is 0 Å². The zero-order valence-corrected chi connectivity index (χ0v) is 18.5. The monoisotopic (exact) mass is 452 g/mol. The number of aromatic nitrogens is 4. The van der Waals surface area contributed by atoms with Crippen LogP contribution in [0, 0.1) is 0 Å². The lowest BCUT2D eigenvalue weighted by Crippen LogP contribution is -2.43. The molecule has 0 radical (unpaired) electrons. The third-order valence-electron chi connectivity index (χ3n) is 5.64. The molecule has 158 valence electrons. The van der Waals surface area contributed by atoms with Gasteiger partial charge in [-0.05, 0) is 11.8 Å². The molecule has 2 aromatic heterocycles. The van der Waals surface area contributed by atoms with Gasteiger partial charge in [0.2, 0.25) is 0 Å². The van der Waals surface area contributed by atoms with E-state index in [1.165, 1.54) is 0 Å². The number of nitrogens with zero attached hydrogens (tertiary/aromatic N) is 6. The van der Waals surface area contributed by atoms with Gasteiger partial charge in [0, 0.05) is 43.9 Å². The maximum absolute atomic E-state index is 6.92. The van der Waals surface area contributed by atoms with Crippen LogP contribution in [0.3, 0.4) is 0 Å². The summed E-state index contributed by atoms with van der Waals surface area (Å²) in [6.45, 7) is 5.19. The van der Waals surface area contributed by atoms with Crippen LogP contribution < -0.4 is 0 Å². The van der Waals surface area contributed by atoms with Gasteiger partial charge >= 0.3 is 0 Å². The van der Waals surface area contributed by atoms with E-state index in [1.54, 1.807) is 0 Å². The summed E-state index contributed by atoms with van der Waals surface area (Å²) in [4.78, 5) is 2.39. The van der Waals surface area contributed by atoms with Gasteiger partial charge in [0.05, 0.1) is 17.0 Å². The smallest absolute Gasteiger partial charge is 0.182 e. The quantitative estimate of drug-likeness (QED) is 0.414. The molecule has 2 aromatic carbocycles. The Hall–Kier alpha value is -2.51. The summed E-state index contributed by atoms with van der Waals surface area (Å²) in [7, 11) is 0. The fraction of sp³-hybridized carbons (Fsp3) is 0.261. The molecule has 5 rings (SSSR count). The molecular weight excluding hydrogens is 431 g/mol. The van der Waals surface area contributed by atoms with E-state index in [1.807, 2.05) is 69.8 Å². The van der Waals surface area contributed by atoms with E-state index in [4.69, 9.17) is 28.5 Å². The average Bonchev–Trinajstić information content (AvgIpc) is 3.20. The van der Waals surface area contributed by atoms with Crippen molar-refractivity contribution >= 4 is 34.4 Å². The van der Waals surface area contributed by atoms with Crippen LogP contribution in [0.5, 0.6) is 0 Å². The predicted molar refractivity (Wildman–Crippen MR) is 125 cm³/mol. The Balaban J connectivity index is 1.56. The van der Waals surface area contributed by atoms with E-state index in [9.17, 15) is 0 Å². The minimum Gasteiger partial charge on any atom is -0.299 e. The number of hydrogen-bond donors (Lipinski definition) is 0. The first kappa shape index (κ1) is 20.4. The molecule has 1 saturated heterocycles. The maximum atomic E-state index is 6.92. The van der Waals surface area contributed by atoms with Gasteiger partial charge in [0.15, 0.2) is 5.65 Å². The second-order valence-corrected chi connectivity index (χ2v) is 8.47. The highest BCUT2D eigenvalue weighted by Crippen LogP contribution is 2.37. The molecule has 0 N–H and O–H groups in total. The van der Waals surface area contributed by atoms with E-state index < -0.39 is 0 Å². The Bertz CT molecular complexity index is 1170. The highest BCUT2D eigenvalue weighted by atomic mass is 35.5. The highest BCUT2D eigenvalue weighted by Gasteiger charge is 2.22. The van der Waals surface area contributed by atoms with Crippen molar-refractivity contribution in [2.45, 2.75) is 6.54 Å². The molecule has 0 saturated carbocycles.